The Morgan fingerprint density at radius 1 is 0.818 bits per heavy atom. The summed E-state index contributed by atoms with van der Waals surface area (Å²) in [5.41, 5.74) is 1.92. The largest absolute Gasteiger partial charge is 0.497 e. The number of hydrogen-bond acceptors (Lipinski definition) is 5. The number of benzene rings is 4. The van der Waals surface area contributed by atoms with Crippen LogP contribution in [-0.2, 0) is 32.6 Å². The molecule has 0 bridgehead atoms. The lowest BCUT2D eigenvalue weighted by molar-refractivity contribution is -0.140. The van der Waals surface area contributed by atoms with Gasteiger partial charge in [0.25, 0.3) is 10.0 Å². The number of ether oxygens (including phenoxy) is 1. The van der Waals surface area contributed by atoms with Crippen molar-refractivity contribution in [1.82, 2.24) is 10.2 Å². The smallest absolute Gasteiger partial charge is 0.264 e. The summed E-state index contributed by atoms with van der Waals surface area (Å²) in [4.78, 5) is 29.5. The zero-order valence-corrected chi connectivity index (χ0v) is 26.5. The minimum Gasteiger partial charge on any atom is -0.497 e. The Bertz CT molecular complexity index is 1630. The van der Waals surface area contributed by atoms with Gasteiger partial charge < -0.3 is 15.0 Å². The molecule has 4 aromatic rings. The van der Waals surface area contributed by atoms with E-state index < -0.39 is 28.5 Å². The zero-order valence-electron chi connectivity index (χ0n) is 24.9. The molecule has 0 aromatic heterocycles. The molecule has 10 heteroatoms. The lowest BCUT2D eigenvalue weighted by Gasteiger charge is -2.34. The third-order valence-corrected chi connectivity index (χ3v) is 8.98. The number of methoxy groups -OCH3 is 1. The molecule has 0 aliphatic heterocycles. The number of amides is 2. The molecule has 2 amide bonds. The minimum atomic E-state index is -4.23. The molecule has 1 atom stereocenters. The third kappa shape index (κ3) is 8.39. The Hall–Kier alpha value is -4.34. The summed E-state index contributed by atoms with van der Waals surface area (Å²) in [6.45, 7) is 3.25. The molecule has 0 saturated heterocycles. The highest BCUT2D eigenvalue weighted by atomic mass is 35.5. The Morgan fingerprint density at radius 3 is 1.93 bits per heavy atom. The fraction of sp³-hybridized carbons (Fsp3) is 0.235. The maximum Gasteiger partial charge on any atom is 0.264 e. The van der Waals surface area contributed by atoms with Crippen molar-refractivity contribution >= 4 is 39.1 Å². The molecule has 0 aliphatic rings. The standard InChI is InChI=1S/C34H36ClN3O5S/c1-25(2)36-34(40)32(22-26-10-6-4-7-11-26)37(23-27-12-8-5-9-13-27)33(39)24-38(29-16-14-28(35)15-17-29)44(41,42)31-20-18-30(43-3)19-21-31/h4-21,25,32H,22-24H2,1-3H3,(H,36,40)/t32-/m1/s1. The topological polar surface area (TPSA) is 96.0 Å². The predicted molar refractivity (Wildman–Crippen MR) is 173 cm³/mol. The Labute approximate surface area is 264 Å². The summed E-state index contributed by atoms with van der Waals surface area (Å²) in [6, 6.07) is 29.8. The number of carbonyl (C=O) groups is 2. The number of rotatable bonds is 13. The van der Waals surface area contributed by atoms with Gasteiger partial charge in [-0.1, -0.05) is 72.3 Å². The monoisotopic (exact) mass is 633 g/mol. The van der Waals surface area contributed by atoms with Crippen molar-refractivity contribution < 1.29 is 22.7 Å². The molecule has 0 aliphatic carbocycles. The summed E-state index contributed by atoms with van der Waals surface area (Å²) in [5, 5.41) is 3.37. The zero-order chi connectivity index (χ0) is 31.7. The van der Waals surface area contributed by atoms with Crippen molar-refractivity contribution in [3.8, 4) is 5.75 Å². The summed E-state index contributed by atoms with van der Waals surface area (Å²) in [6.07, 6.45) is 0.240. The summed E-state index contributed by atoms with van der Waals surface area (Å²) in [7, 11) is -2.74. The van der Waals surface area contributed by atoms with E-state index >= 15 is 0 Å². The van der Waals surface area contributed by atoms with E-state index in [9.17, 15) is 18.0 Å². The first kappa shape index (κ1) is 32.6. The molecule has 8 nitrogen and oxygen atoms in total. The molecule has 0 saturated carbocycles. The van der Waals surface area contributed by atoms with Crippen LogP contribution < -0.4 is 14.4 Å². The third-order valence-electron chi connectivity index (χ3n) is 6.94. The minimum absolute atomic E-state index is 0.0194. The summed E-state index contributed by atoms with van der Waals surface area (Å²) < 4.78 is 34.4. The summed E-state index contributed by atoms with van der Waals surface area (Å²) >= 11 is 6.12. The van der Waals surface area contributed by atoms with Crippen molar-refractivity contribution in [3.63, 3.8) is 0 Å². The lowest BCUT2D eigenvalue weighted by atomic mass is 10.0. The van der Waals surface area contributed by atoms with E-state index in [-0.39, 0.29) is 35.5 Å². The number of halogens is 1. The fourth-order valence-corrected chi connectivity index (χ4v) is 6.27. The van der Waals surface area contributed by atoms with Gasteiger partial charge in [0.05, 0.1) is 17.7 Å². The second-order valence-electron chi connectivity index (χ2n) is 10.5. The maximum atomic E-state index is 14.4. The van der Waals surface area contributed by atoms with Crippen LogP contribution in [0.15, 0.2) is 114 Å². The normalized spacial score (nSPS) is 11.9. The highest BCUT2D eigenvalue weighted by molar-refractivity contribution is 7.92. The highest BCUT2D eigenvalue weighted by Crippen LogP contribution is 2.27. The number of hydrogen-bond donors (Lipinski definition) is 1. The van der Waals surface area contributed by atoms with Gasteiger partial charge in [-0.3, -0.25) is 13.9 Å². The molecule has 0 fully saturated rings. The Balaban J connectivity index is 1.78. The quantitative estimate of drug-likeness (QED) is 0.204. The van der Waals surface area contributed by atoms with E-state index in [2.05, 4.69) is 5.32 Å². The van der Waals surface area contributed by atoms with Crippen LogP contribution in [0.1, 0.15) is 25.0 Å². The maximum absolute atomic E-state index is 14.4. The molecule has 4 aromatic carbocycles. The first-order chi connectivity index (χ1) is 21.1. The van der Waals surface area contributed by atoms with Gasteiger partial charge in [0.1, 0.15) is 18.3 Å². The van der Waals surface area contributed by atoms with Crippen molar-refractivity contribution in [3.05, 3.63) is 125 Å². The molecular formula is C34H36ClN3O5S. The number of anilines is 1. The average Bonchev–Trinajstić information content (AvgIpc) is 3.02. The average molecular weight is 634 g/mol. The second-order valence-corrected chi connectivity index (χ2v) is 12.8. The van der Waals surface area contributed by atoms with E-state index in [0.29, 0.717) is 10.8 Å². The van der Waals surface area contributed by atoms with Gasteiger partial charge in [0.15, 0.2) is 0 Å². The van der Waals surface area contributed by atoms with Gasteiger partial charge in [-0.15, -0.1) is 0 Å². The molecule has 0 unspecified atom stereocenters. The van der Waals surface area contributed by atoms with Gasteiger partial charge >= 0.3 is 0 Å². The van der Waals surface area contributed by atoms with Crippen molar-refractivity contribution in [2.24, 2.45) is 0 Å². The predicted octanol–water partition coefficient (Wildman–Crippen LogP) is 5.71. The van der Waals surface area contributed by atoms with Crippen LogP contribution in [0.3, 0.4) is 0 Å². The number of nitrogens with zero attached hydrogens (tertiary/aromatic N) is 2. The van der Waals surface area contributed by atoms with E-state index in [4.69, 9.17) is 16.3 Å². The van der Waals surface area contributed by atoms with Gasteiger partial charge in [-0.25, -0.2) is 8.42 Å². The van der Waals surface area contributed by atoms with E-state index in [1.54, 1.807) is 36.4 Å². The number of nitrogens with one attached hydrogen (secondary N) is 1. The van der Waals surface area contributed by atoms with Crippen LogP contribution in [0.25, 0.3) is 0 Å². The molecule has 44 heavy (non-hydrogen) atoms. The molecule has 4 rings (SSSR count). The molecule has 230 valence electrons. The Morgan fingerprint density at radius 2 is 1.39 bits per heavy atom. The Kier molecular flexibility index (Phi) is 11.0. The first-order valence-electron chi connectivity index (χ1n) is 14.2. The number of sulfonamides is 1. The molecule has 0 radical (unpaired) electrons. The van der Waals surface area contributed by atoms with Crippen LogP contribution in [0.5, 0.6) is 5.75 Å². The van der Waals surface area contributed by atoms with Crippen LogP contribution in [0.4, 0.5) is 5.69 Å². The first-order valence-corrected chi connectivity index (χ1v) is 16.0. The molecule has 0 heterocycles. The van der Waals surface area contributed by atoms with Gasteiger partial charge in [-0.05, 0) is 73.5 Å². The molecular weight excluding hydrogens is 598 g/mol. The van der Waals surface area contributed by atoms with Crippen molar-refractivity contribution in [2.45, 2.75) is 43.8 Å². The molecule has 1 N–H and O–H groups in total. The second kappa shape index (κ2) is 14.9. The van der Waals surface area contributed by atoms with Crippen molar-refractivity contribution in [1.29, 1.82) is 0 Å². The van der Waals surface area contributed by atoms with E-state index in [1.807, 2.05) is 74.5 Å². The van der Waals surface area contributed by atoms with Gasteiger partial charge in [-0.2, -0.15) is 0 Å². The van der Waals surface area contributed by atoms with Crippen LogP contribution in [0.2, 0.25) is 5.02 Å². The lowest BCUT2D eigenvalue weighted by Crippen LogP contribution is -2.54. The van der Waals surface area contributed by atoms with Crippen LogP contribution in [0, 0.1) is 0 Å². The molecule has 0 spiro atoms. The SMILES string of the molecule is COc1ccc(S(=O)(=O)N(CC(=O)N(Cc2ccccc2)[C@H](Cc2ccccc2)C(=O)NC(C)C)c2ccc(Cl)cc2)cc1. The van der Waals surface area contributed by atoms with Crippen molar-refractivity contribution in [2.75, 3.05) is 18.0 Å². The van der Waals surface area contributed by atoms with E-state index in [1.165, 1.54) is 24.1 Å². The summed E-state index contributed by atoms with van der Waals surface area (Å²) in [5.74, 6) is -0.378. The van der Waals surface area contributed by atoms with Gasteiger partial charge in [0.2, 0.25) is 11.8 Å². The number of carbonyl (C=O) groups excluding carboxylic acids is 2. The fourth-order valence-electron chi connectivity index (χ4n) is 4.73. The van der Waals surface area contributed by atoms with Crippen LogP contribution >= 0.6 is 11.6 Å². The van der Waals surface area contributed by atoms with Crippen LogP contribution in [-0.4, -0.2) is 50.9 Å². The van der Waals surface area contributed by atoms with E-state index in [0.717, 1.165) is 15.4 Å². The highest BCUT2D eigenvalue weighted by Gasteiger charge is 2.34. The van der Waals surface area contributed by atoms with Gasteiger partial charge in [0, 0.05) is 24.0 Å².